The van der Waals surface area contributed by atoms with E-state index >= 15 is 0 Å². The fraction of sp³-hybridized carbons (Fsp3) is 0.500. The molecule has 0 N–H and O–H groups in total. The van der Waals surface area contributed by atoms with Gasteiger partial charge in [-0.1, -0.05) is 33.6 Å². The number of hydrogen-bond donors (Lipinski definition) is 0. The Balaban J connectivity index is 2.19. The van der Waals surface area contributed by atoms with Gasteiger partial charge in [-0.25, -0.2) is 0 Å². The van der Waals surface area contributed by atoms with E-state index < -0.39 is 0 Å². The summed E-state index contributed by atoms with van der Waals surface area (Å²) in [6.45, 7) is 5.10. The lowest BCUT2D eigenvalue weighted by Gasteiger charge is -2.37. The Labute approximate surface area is 127 Å². The fourth-order valence-electron chi connectivity index (χ4n) is 2.09. The van der Waals surface area contributed by atoms with Crippen molar-refractivity contribution in [2.24, 2.45) is 0 Å². The Bertz CT molecular complexity index is 481. The molecule has 1 aliphatic rings. The van der Waals surface area contributed by atoms with Crippen LogP contribution in [0.3, 0.4) is 0 Å². The van der Waals surface area contributed by atoms with Gasteiger partial charge in [0, 0.05) is 22.5 Å². The minimum absolute atomic E-state index is 0.0173. The Morgan fingerprint density at radius 1 is 1.58 bits per heavy atom. The number of rotatable bonds is 2. The lowest BCUT2D eigenvalue weighted by atomic mass is 10.1. The van der Waals surface area contributed by atoms with Crippen molar-refractivity contribution in [2.75, 3.05) is 18.5 Å². The smallest absolute Gasteiger partial charge is 0.254 e. The first-order chi connectivity index (χ1) is 9.02. The van der Waals surface area contributed by atoms with Crippen LogP contribution in [0.15, 0.2) is 18.2 Å². The lowest BCUT2D eigenvalue weighted by molar-refractivity contribution is -0.0361. The molecule has 1 aromatic rings. The molecule has 2 rings (SSSR count). The predicted molar refractivity (Wildman–Crippen MR) is 80.2 cm³/mol. The predicted octanol–water partition coefficient (Wildman–Crippen LogP) is 3.27. The van der Waals surface area contributed by atoms with Crippen LogP contribution in [0.4, 0.5) is 0 Å². The first-order valence-corrected chi connectivity index (χ1v) is 7.77. The van der Waals surface area contributed by atoms with Crippen molar-refractivity contribution in [3.8, 4) is 0 Å². The molecule has 3 nitrogen and oxygen atoms in total. The molecule has 0 bridgehead atoms. The van der Waals surface area contributed by atoms with Gasteiger partial charge in [-0.3, -0.25) is 4.79 Å². The van der Waals surface area contributed by atoms with Crippen LogP contribution in [0.1, 0.15) is 22.8 Å². The monoisotopic (exact) mass is 345 g/mol. The summed E-state index contributed by atoms with van der Waals surface area (Å²) in [6.07, 6.45) is 0.0565. The Kier molecular flexibility index (Phi) is 4.87. The largest absolute Gasteiger partial charge is 0.373 e. The van der Waals surface area contributed by atoms with Crippen LogP contribution in [-0.4, -0.2) is 41.4 Å². The molecule has 1 fully saturated rings. The molecule has 104 valence electrons. The number of aryl methyl sites for hydroxylation is 1. The summed E-state index contributed by atoms with van der Waals surface area (Å²) in [5, 5.41) is 1.36. The van der Waals surface area contributed by atoms with Gasteiger partial charge in [0.25, 0.3) is 5.91 Å². The fourth-order valence-corrected chi connectivity index (χ4v) is 2.66. The third-order valence-corrected chi connectivity index (χ3v) is 4.49. The molecule has 0 saturated carbocycles. The number of ether oxygens (including phenoxy) is 1. The van der Waals surface area contributed by atoms with E-state index in [0.29, 0.717) is 23.7 Å². The molecule has 0 aromatic heterocycles. The first-order valence-electron chi connectivity index (χ1n) is 6.27. The number of alkyl halides is 1. The summed E-state index contributed by atoms with van der Waals surface area (Å²) in [7, 11) is 0. The summed E-state index contributed by atoms with van der Waals surface area (Å²) in [6, 6.07) is 5.53. The molecule has 1 heterocycles. The van der Waals surface area contributed by atoms with Crippen molar-refractivity contribution >= 4 is 33.4 Å². The van der Waals surface area contributed by atoms with Crippen molar-refractivity contribution in [1.82, 2.24) is 4.90 Å². The standard InChI is InChI=1S/C14H17BrClNO2/c1-9-3-4-11(5-13(9)16)14(18)17-7-12(6-15)19-8-10(17)2/h3-5,10,12H,6-8H2,1-2H3. The second-order valence-corrected chi connectivity index (χ2v) is 5.93. The summed E-state index contributed by atoms with van der Waals surface area (Å²) in [4.78, 5) is 14.4. The highest BCUT2D eigenvalue weighted by molar-refractivity contribution is 9.09. The second kappa shape index (κ2) is 6.25. The van der Waals surface area contributed by atoms with E-state index in [1.165, 1.54) is 0 Å². The van der Waals surface area contributed by atoms with Crippen LogP contribution >= 0.6 is 27.5 Å². The van der Waals surface area contributed by atoms with Gasteiger partial charge in [0.15, 0.2) is 0 Å². The first kappa shape index (κ1) is 14.8. The molecule has 0 spiro atoms. The van der Waals surface area contributed by atoms with Crippen molar-refractivity contribution in [2.45, 2.75) is 26.0 Å². The van der Waals surface area contributed by atoms with Gasteiger partial charge in [0.1, 0.15) is 0 Å². The Morgan fingerprint density at radius 3 is 2.95 bits per heavy atom. The highest BCUT2D eigenvalue weighted by Crippen LogP contribution is 2.21. The molecule has 0 aliphatic carbocycles. The second-order valence-electron chi connectivity index (χ2n) is 4.88. The van der Waals surface area contributed by atoms with Gasteiger partial charge in [-0.05, 0) is 31.5 Å². The Morgan fingerprint density at radius 2 is 2.32 bits per heavy atom. The number of halogens is 2. The number of carbonyl (C=O) groups excluding carboxylic acids is 1. The topological polar surface area (TPSA) is 29.5 Å². The van der Waals surface area contributed by atoms with E-state index in [0.717, 1.165) is 10.9 Å². The third kappa shape index (κ3) is 3.30. The molecular weight excluding hydrogens is 330 g/mol. The normalized spacial score (nSPS) is 23.5. The molecule has 1 saturated heterocycles. The molecule has 1 amide bonds. The number of amides is 1. The summed E-state index contributed by atoms with van der Waals surface area (Å²) < 4.78 is 5.63. The highest BCUT2D eigenvalue weighted by atomic mass is 79.9. The maximum atomic E-state index is 12.5. The van der Waals surface area contributed by atoms with E-state index in [4.69, 9.17) is 16.3 Å². The van der Waals surface area contributed by atoms with Crippen LogP contribution < -0.4 is 0 Å². The molecule has 1 aliphatic heterocycles. The maximum absolute atomic E-state index is 12.5. The minimum Gasteiger partial charge on any atom is -0.373 e. The zero-order valence-corrected chi connectivity index (χ0v) is 13.4. The van der Waals surface area contributed by atoms with Gasteiger partial charge in [0.2, 0.25) is 0 Å². The van der Waals surface area contributed by atoms with Crippen molar-refractivity contribution in [1.29, 1.82) is 0 Å². The van der Waals surface area contributed by atoms with Crippen LogP contribution in [0.25, 0.3) is 0 Å². The average molecular weight is 347 g/mol. The number of carbonyl (C=O) groups is 1. The number of morpholine rings is 1. The van der Waals surface area contributed by atoms with Crippen LogP contribution in [0.5, 0.6) is 0 Å². The molecule has 19 heavy (non-hydrogen) atoms. The quantitative estimate of drug-likeness (QED) is 0.769. The third-order valence-electron chi connectivity index (χ3n) is 3.36. The molecule has 2 unspecified atom stereocenters. The highest BCUT2D eigenvalue weighted by Gasteiger charge is 2.29. The Hall–Kier alpha value is -0.580. The van der Waals surface area contributed by atoms with E-state index in [-0.39, 0.29) is 18.1 Å². The van der Waals surface area contributed by atoms with Crippen molar-refractivity contribution in [3.05, 3.63) is 34.3 Å². The molecule has 5 heteroatoms. The van der Waals surface area contributed by atoms with Gasteiger partial charge in [-0.15, -0.1) is 0 Å². The van der Waals surface area contributed by atoms with Crippen LogP contribution in [0.2, 0.25) is 5.02 Å². The summed E-state index contributed by atoms with van der Waals surface area (Å²) >= 11 is 9.49. The van der Waals surface area contributed by atoms with Crippen LogP contribution in [-0.2, 0) is 4.74 Å². The zero-order chi connectivity index (χ0) is 14.0. The minimum atomic E-state index is 0.0173. The zero-order valence-electron chi connectivity index (χ0n) is 11.0. The summed E-state index contributed by atoms with van der Waals surface area (Å²) in [5.41, 5.74) is 1.62. The molecular formula is C14H17BrClNO2. The SMILES string of the molecule is Cc1ccc(C(=O)N2CC(CBr)OCC2C)cc1Cl. The maximum Gasteiger partial charge on any atom is 0.254 e. The van der Waals surface area contributed by atoms with Gasteiger partial charge < -0.3 is 9.64 Å². The molecule has 0 radical (unpaired) electrons. The van der Waals surface area contributed by atoms with E-state index in [9.17, 15) is 4.79 Å². The molecule has 1 aromatic carbocycles. The van der Waals surface area contributed by atoms with Crippen molar-refractivity contribution < 1.29 is 9.53 Å². The van der Waals surface area contributed by atoms with Crippen molar-refractivity contribution in [3.63, 3.8) is 0 Å². The number of benzene rings is 1. The average Bonchev–Trinajstić information content (AvgIpc) is 2.41. The van der Waals surface area contributed by atoms with Gasteiger partial charge >= 0.3 is 0 Å². The van der Waals surface area contributed by atoms with E-state index in [1.54, 1.807) is 6.07 Å². The lowest BCUT2D eigenvalue weighted by Crippen LogP contribution is -2.51. The number of hydrogen-bond acceptors (Lipinski definition) is 2. The van der Waals surface area contributed by atoms with Gasteiger partial charge in [0.05, 0.1) is 18.8 Å². The van der Waals surface area contributed by atoms with E-state index in [2.05, 4.69) is 15.9 Å². The van der Waals surface area contributed by atoms with Gasteiger partial charge in [-0.2, -0.15) is 0 Å². The van der Waals surface area contributed by atoms with E-state index in [1.807, 2.05) is 30.9 Å². The molecule has 2 atom stereocenters. The number of nitrogens with zero attached hydrogens (tertiary/aromatic N) is 1. The van der Waals surface area contributed by atoms with Crippen LogP contribution in [0, 0.1) is 6.92 Å². The summed E-state index contributed by atoms with van der Waals surface area (Å²) in [5.74, 6) is 0.0173.